The van der Waals surface area contributed by atoms with Gasteiger partial charge in [-0.2, -0.15) is 0 Å². The van der Waals surface area contributed by atoms with Gasteiger partial charge in [0, 0.05) is 12.2 Å². The fourth-order valence-corrected chi connectivity index (χ4v) is 1.89. The van der Waals surface area contributed by atoms with Crippen molar-refractivity contribution in [3.63, 3.8) is 0 Å². The molecule has 6 N–H and O–H groups in total. The summed E-state index contributed by atoms with van der Waals surface area (Å²) in [5, 5.41) is 31.8. The molecule has 1 rings (SSSR count). The van der Waals surface area contributed by atoms with Crippen molar-refractivity contribution in [2.45, 2.75) is 6.42 Å². The van der Waals surface area contributed by atoms with Gasteiger partial charge in [0.25, 0.3) is 0 Å². The average Bonchev–Trinajstić information content (AvgIpc) is 2.52. The highest BCUT2D eigenvalue weighted by atomic mass is 32.1. The third kappa shape index (κ3) is 5.35. The first-order chi connectivity index (χ1) is 11.3. The molecule has 0 saturated carbocycles. The minimum Gasteiger partial charge on any atom is -0.507 e. The molecule has 130 valence electrons. The van der Waals surface area contributed by atoms with Crippen LogP contribution in [0.1, 0.15) is 16.8 Å². The molecule has 0 aliphatic carbocycles. The van der Waals surface area contributed by atoms with Gasteiger partial charge in [0.05, 0.1) is 0 Å². The number of anilines is 1. The van der Waals surface area contributed by atoms with E-state index in [1.807, 2.05) is 4.72 Å². The SMILES string of the molecule is O=C(NCCC(C(=O)O)C(=O)NS)Nc1ccc(O)c(C(=O)O)c1. The molecule has 0 spiro atoms. The second-order valence-electron chi connectivity index (χ2n) is 4.57. The van der Waals surface area contributed by atoms with E-state index in [2.05, 4.69) is 23.4 Å². The van der Waals surface area contributed by atoms with E-state index in [1.54, 1.807) is 0 Å². The molecule has 0 saturated heterocycles. The van der Waals surface area contributed by atoms with Crippen LogP contribution in [0.25, 0.3) is 0 Å². The molecular formula is C13H15N3O7S. The van der Waals surface area contributed by atoms with Gasteiger partial charge in [-0.3, -0.25) is 9.59 Å². The van der Waals surface area contributed by atoms with Gasteiger partial charge >= 0.3 is 18.0 Å². The lowest BCUT2D eigenvalue weighted by molar-refractivity contribution is -0.146. The van der Waals surface area contributed by atoms with E-state index < -0.39 is 35.5 Å². The molecule has 0 heterocycles. The molecule has 1 atom stereocenters. The maximum Gasteiger partial charge on any atom is 0.339 e. The largest absolute Gasteiger partial charge is 0.507 e. The van der Waals surface area contributed by atoms with E-state index in [0.29, 0.717) is 0 Å². The van der Waals surface area contributed by atoms with Crippen LogP contribution < -0.4 is 15.4 Å². The van der Waals surface area contributed by atoms with Gasteiger partial charge in [-0.15, -0.1) is 0 Å². The van der Waals surface area contributed by atoms with Crippen molar-refractivity contribution >= 4 is 42.4 Å². The molecule has 24 heavy (non-hydrogen) atoms. The molecule has 11 heteroatoms. The molecule has 1 aromatic carbocycles. The number of phenols is 1. The van der Waals surface area contributed by atoms with Crippen LogP contribution in [0.5, 0.6) is 5.75 Å². The van der Waals surface area contributed by atoms with Crippen molar-refractivity contribution in [2.24, 2.45) is 5.92 Å². The first-order valence-electron chi connectivity index (χ1n) is 6.54. The van der Waals surface area contributed by atoms with Crippen molar-refractivity contribution in [3.8, 4) is 5.75 Å². The summed E-state index contributed by atoms with van der Waals surface area (Å²) in [5.41, 5.74) is -0.269. The normalized spacial score (nSPS) is 11.2. The molecule has 1 unspecified atom stereocenters. The summed E-state index contributed by atoms with van der Waals surface area (Å²) in [6.45, 7) is -0.117. The number of rotatable bonds is 7. The Labute approximate surface area is 141 Å². The summed E-state index contributed by atoms with van der Waals surface area (Å²) >= 11 is 3.48. The van der Waals surface area contributed by atoms with Crippen LogP contribution in [0.4, 0.5) is 10.5 Å². The second kappa shape index (κ2) is 8.62. The van der Waals surface area contributed by atoms with E-state index in [1.165, 1.54) is 6.07 Å². The number of carboxylic acid groups (broad SMARTS) is 2. The highest BCUT2D eigenvalue weighted by Crippen LogP contribution is 2.21. The van der Waals surface area contributed by atoms with Crippen molar-refractivity contribution in [3.05, 3.63) is 23.8 Å². The number of amides is 3. The predicted molar refractivity (Wildman–Crippen MR) is 85.0 cm³/mol. The van der Waals surface area contributed by atoms with E-state index in [-0.39, 0.29) is 24.2 Å². The highest BCUT2D eigenvalue weighted by molar-refractivity contribution is 7.78. The third-order valence-electron chi connectivity index (χ3n) is 2.93. The molecule has 0 bridgehead atoms. The lowest BCUT2D eigenvalue weighted by Crippen LogP contribution is -2.36. The molecule has 0 aliphatic heterocycles. The zero-order valence-corrected chi connectivity index (χ0v) is 13.0. The van der Waals surface area contributed by atoms with E-state index >= 15 is 0 Å². The van der Waals surface area contributed by atoms with Gasteiger partial charge < -0.3 is 30.7 Å². The third-order valence-corrected chi connectivity index (χ3v) is 3.15. The van der Waals surface area contributed by atoms with Crippen LogP contribution in [0.3, 0.4) is 0 Å². The minimum atomic E-state index is -1.37. The Kier molecular flexibility index (Phi) is 6.86. The van der Waals surface area contributed by atoms with E-state index in [0.717, 1.165) is 12.1 Å². The lowest BCUT2D eigenvalue weighted by Gasteiger charge is -2.12. The van der Waals surface area contributed by atoms with Gasteiger partial charge in [-0.05, 0) is 24.6 Å². The summed E-state index contributed by atoms with van der Waals surface area (Å²) in [6.07, 6.45) is -0.162. The number of benzene rings is 1. The average molecular weight is 357 g/mol. The van der Waals surface area contributed by atoms with Crippen LogP contribution >= 0.6 is 12.8 Å². The van der Waals surface area contributed by atoms with E-state index in [4.69, 9.17) is 10.2 Å². The zero-order chi connectivity index (χ0) is 18.3. The van der Waals surface area contributed by atoms with Crippen molar-refractivity contribution in [1.29, 1.82) is 0 Å². The Morgan fingerprint density at radius 3 is 2.38 bits per heavy atom. The van der Waals surface area contributed by atoms with Crippen molar-refractivity contribution in [1.82, 2.24) is 10.0 Å². The number of aliphatic carboxylic acids is 1. The second-order valence-corrected chi connectivity index (χ2v) is 4.80. The molecule has 0 fully saturated rings. The van der Waals surface area contributed by atoms with Crippen LogP contribution in [0, 0.1) is 5.92 Å². The number of carboxylic acids is 2. The summed E-state index contributed by atoms with van der Waals surface area (Å²) in [5.74, 6) is -5.34. The number of thiol groups is 1. The van der Waals surface area contributed by atoms with Gasteiger partial charge in [0.1, 0.15) is 17.2 Å². The molecule has 10 nitrogen and oxygen atoms in total. The Bertz CT molecular complexity index is 665. The minimum absolute atomic E-state index is 0.116. The molecule has 1 aromatic rings. The quantitative estimate of drug-likeness (QED) is 0.209. The smallest absolute Gasteiger partial charge is 0.339 e. The van der Waals surface area contributed by atoms with Gasteiger partial charge in [0.15, 0.2) is 0 Å². The topological polar surface area (TPSA) is 165 Å². The summed E-state index contributed by atoms with van der Waals surface area (Å²) in [7, 11) is 0. The Balaban J connectivity index is 2.58. The first kappa shape index (κ1) is 19.1. The molecule has 3 amide bonds. The lowest BCUT2D eigenvalue weighted by atomic mass is 10.1. The zero-order valence-electron chi connectivity index (χ0n) is 12.1. The van der Waals surface area contributed by atoms with Crippen LogP contribution in [-0.4, -0.2) is 45.7 Å². The Hall–Kier alpha value is -2.95. The summed E-state index contributed by atoms with van der Waals surface area (Å²) in [4.78, 5) is 44.7. The number of carbonyl (C=O) groups excluding carboxylic acids is 2. The van der Waals surface area contributed by atoms with E-state index in [9.17, 15) is 24.3 Å². The highest BCUT2D eigenvalue weighted by Gasteiger charge is 2.25. The number of hydrogen-bond donors (Lipinski definition) is 7. The fraction of sp³-hybridized carbons (Fsp3) is 0.231. The van der Waals surface area contributed by atoms with Crippen LogP contribution in [0.15, 0.2) is 18.2 Å². The number of aromatic carboxylic acids is 1. The molecule has 0 aliphatic rings. The number of aromatic hydroxyl groups is 1. The standard InChI is InChI=1S/C13H15N3O7S/c17-9-2-1-6(5-8(9)12(21)22)15-13(23)14-4-3-7(11(19)20)10(18)16-24/h1-2,5,7,17,24H,3-4H2,(H,16,18)(H,19,20)(H,21,22)(H2,14,15,23). The maximum absolute atomic E-state index is 11.7. The number of urea groups is 1. The molecule has 0 aromatic heterocycles. The Morgan fingerprint density at radius 2 is 1.83 bits per heavy atom. The summed E-state index contributed by atoms with van der Waals surface area (Å²) < 4.78 is 1.91. The fourth-order valence-electron chi connectivity index (χ4n) is 1.74. The first-order valence-corrected chi connectivity index (χ1v) is 6.99. The maximum atomic E-state index is 11.7. The van der Waals surface area contributed by atoms with Crippen LogP contribution in [0.2, 0.25) is 0 Å². The summed E-state index contributed by atoms with van der Waals surface area (Å²) in [6, 6.07) is 2.73. The number of nitrogens with one attached hydrogen (secondary N) is 3. The van der Waals surface area contributed by atoms with Crippen LogP contribution in [-0.2, 0) is 9.59 Å². The predicted octanol–water partition coefficient (Wildman–Crippen LogP) is 0.264. The number of carbonyl (C=O) groups is 4. The van der Waals surface area contributed by atoms with Crippen molar-refractivity contribution in [2.75, 3.05) is 11.9 Å². The Morgan fingerprint density at radius 1 is 1.17 bits per heavy atom. The molecular weight excluding hydrogens is 342 g/mol. The van der Waals surface area contributed by atoms with Gasteiger partial charge in [0.2, 0.25) is 5.91 Å². The monoisotopic (exact) mass is 357 g/mol. The van der Waals surface area contributed by atoms with Gasteiger partial charge in [-0.1, -0.05) is 12.8 Å². The molecule has 0 radical (unpaired) electrons. The van der Waals surface area contributed by atoms with Crippen molar-refractivity contribution < 1.29 is 34.5 Å². The van der Waals surface area contributed by atoms with Gasteiger partial charge in [-0.25, -0.2) is 9.59 Å². The number of hydrogen-bond acceptors (Lipinski definition) is 6.